The minimum absolute atomic E-state index is 0.394. The Bertz CT molecular complexity index is 503. The Morgan fingerprint density at radius 1 is 0.759 bits per heavy atom. The van der Waals surface area contributed by atoms with Crippen molar-refractivity contribution in [3.8, 4) is 0 Å². The summed E-state index contributed by atoms with van der Waals surface area (Å²) in [7, 11) is 2.16. The molecular formula is C18H32O10Sn. The molecule has 29 heavy (non-hydrogen) atoms. The van der Waals surface area contributed by atoms with Crippen molar-refractivity contribution < 1.29 is 45.0 Å². The van der Waals surface area contributed by atoms with Crippen molar-refractivity contribution >= 4 is 43.1 Å². The molecule has 0 saturated heterocycles. The van der Waals surface area contributed by atoms with Gasteiger partial charge in [0.25, 0.3) is 0 Å². The van der Waals surface area contributed by atoms with Gasteiger partial charge in [-0.25, -0.2) is 0 Å². The summed E-state index contributed by atoms with van der Waals surface area (Å²) < 4.78 is 20.8. The van der Waals surface area contributed by atoms with Crippen molar-refractivity contribution in [2.75, 3.05) is 14.2 Å². The Labute approximate surface area is 175 Å². The average molecular weight is 527 g/mol. The van der Waals surface area contributed by atoms with E-state index < -0.39 is 68.1 Å². The monoisotopic (exact) mass is 528 g/mol. The SMILES string of the molecule is CCC[CH2][Sn]([CH2]CCC)([O]C(=O)CC(O)C(=O)OC)[O]C(=O)CC(O)C(=O)OC. The second-order valence-corrected chi connectivity index (χ2v) is 15.8. The minimum atomic E-state index is -4.32. The molecule has 0 aliphatic carbocycles. The van der Waals surface area contributed by atoms with Crippen LogP contribution in [0.5, 0.6) is 0 Å². The van der Waals surface area contributed by atoms with Gasteiger partial charge in [0.15, 0.2) is 0 Å². The Morgan fingerprint density at radius 3 is 1.38 bits per heavy atom. The summed E-state index contributed by atoms with van der Waals surface area (Å²) in [5.41, 5.74) is 0. The summed E-state index contributed by atoms with van der Waals surface area (Å²) in [6.07, 6.45) is -1.74. The third-order valence-electron chi connectivity index (χ3n) is 4.09. The van der Waals surface area contributed by atoms with Crippen LogP contribution in [0.3, 0.4) is 0 Å². The first-order chi connectivity index (χ1) is 13.6. The van der Waals surface area contributed by atoms with Gasteiger partial charge < -0.3 is 0 Å². The second kappa shape index (κ2) is 14.6. The van der Waals surface area contributed by atoms with Crippen LogP contribution in [0.25, 0.3) is 0 Å². The van der Waals surface area contributed by atoms with Gasteiger partial charge >= 0.3 is 176 Å². The van der Waals surface area contributed by atoms with Gasteiger partial charge in [0.2, 0.25) is 0 Å². The summed E-state index contributed by atoms with van der Waals surface area (Å²) in [6.45, 7) is 3.87. The number of hydrogen-bond acceptors (Lipinski definition) is 10. The van der Waals surface area contributed by atoms with E-state index in [-0.39, 0.29) is 0 Å². The molecule has 168 valence electrons. The number of esters is 2. The van der Waals surface area contributed by atoms with Crippen molar-refractivity contribution in [2.24, 2.45) is 0 Å². The number of carbonyl (C=O) groups excluding carboxylic acids is 4. The number of ether oxygens (including phenoxy) is 2. The summed E-state index contributed by atoms with van der Waals surface area (Å²) in [4.78, 5) is 47.3. The first kappa shape index (κ1) is 27.6. The van der Waals surface area contributed by atoms with Gasteiger partial charge in [-0.15, -0.1) is 0 Å². The number of aliphatic hydroxyl groups is 2. The van der Waals surface area contributed by atoms with E-state index in [0.29, 0.717) is 21.7 Å². The fourth-order valence-electron chi connectivity index (χ4n) is 2.49. The van der Waals surface area contributed by atoms with Gasteiger partial charge in [-0.2, -0.15) is 0 Å². The van der Waals surface area contributed by atoms with E-state index in [2.05, 4.69) is 9.47 Å². The Kier molecular flexibility index (Phi) is 13.9. The van der Waals surface area contributed by atoms with Gasteiger partial charge in [-0.05, 0) is 0 Å². The van der Waals surface area contributed by atoms with Crippen LogP contribution in [0, 0.1) is 0 Å². The Balaban J connectivity index is 5.39. The molecule has 0 aromatic rings. The zero-order valence-corrected chi connectivity index (χ0v) is 20.3. The molecule has 0 saturated carbocycles. The van der Waals surface area contributed by atoms with Gasteiger partial charge in [-0.1, -0.05) is 0 Å². The summed E-state index contributed by atoms with van der Waals surface area (Å²) >= 11 is -4.32. The maximum absolute atomic E-state index is 12.3. The Hall–Kier alpha value is -1.40. The van der Waals surface area contributed by atoms with Gasteiger partial charge in [0.05, 0.1) is 0 Å². The fraction of sp³-hybridized carbons (Fsp3) is 0.778. The number of methoxy groups -OCH3 is 2. The zero-order valence-electron chi connectivity index (χ0n) is 17.5. The molecule has 0 heterocycles. The summed E-state index contributed by atoms with van der Waals surface area (Å²) in [6, 6.07) is 0. The van der Waals surface area contributed by atoms with Gasteiger partial charge in [0.1, 0.15) is 0 Å². The first-order valence-electron chi connectivity index (χ1n) is 9.60. The normalized spacial score (nSPS) is 13.2. The van der Waals surface area contributed by atoms with E-state index >= 15 is 0 Å². The fourth-order valence-corrected chi connectivity index (χ4v) is 12.4. The predicted molar refractivity (Wildman–Crippen MR) is 103 cm³/mol. The van der Waals surface area contributed by atoms with Crippen LogP contribution in [0.15, 0.2) is 0 Å². The number of rotatable bonds is 14. The van der Waals surface area contributed by atoms with Crippen LogP contribution >= 0.6 is 0 Å². The standard InChI is InChI=1S/2C5H8O5.2C4H9.Sn/c2*1-10-5(9)3(6)2-4(7)8;2*1-3-4-2;/h2*3,6H,2H2,1H3,(H,7,8);2*1,3-4H2,2H3;/q;;;;+2/p-2. The van der Waals surface area contributed by atoms with Gasteiger partial charge in [-0.3, -0.25) is 0 Å². The van der Waals surface area contributed by atoms with Crippen LogP contribution in [-0.4, -0.2) is 79.7 Å². The molecule has 0 radical (unpaired) electrons. The number of carbonyl (C=O) groups is 4. The molecule has 0 aromatic heterocycles. The van der Waals surface area contributed by atoms with Crippen LogP contribution < -0.4 is 0 Å². The van der Waals surface area contributed by atoms with Crippen LogP contribution in [0.4, 0.5) is 0 Å². The molecule has 0 bridgehead atoms. The van der Waals surface area contributed by atoms with E-state index in [9.17, 15) is 29.4 Å². The Morgan fingerprint density at radius 2 is 1.10 bits per heavy atom. The van der Waals surface area contributed by atoms with Crippen molar-refractivity contribution in [3.05, 3.63) is 0 Å². The molecule has 10 nitrogen and oxygen atoms in total. The molecule has 0 amide bonds. The molecule has 0 rings (SSSR count). The van der Waals surface area contributed by atoms with E-state index in [0.717, 1.165) is 27.1 Å². The number of aliphatic hydroxyl groups excluding tert-OH is 2. The molecule has 0 spiro atoms. The van der Waals surface area contributed by atoms with Crippen LogP contribution in [0.1, 0.15) is 52.4 Å². The van der Waals surface area contributed by atoms with Crippen molar-refractivity contribution in [1.29, 1.82) is 0 Å². The van der Waals surface area contributed by atoms with E-state index in [1.165, 1.54) is 0 Å². The van der Waals surface area contributed by atoms with E-state index in [4.69, 9.17) is 6.15 Å². The van der Waals surface area contributed by atoms with Gasteiger partial charge in [0, 0.05) is 0 Å². The zero-order chi connectivity index (χ0) is 22.4. The molecule has 11 heteroatoms. The third-order valence-corrected chi connectivity index (χ3v) is 13.9. The maximum atomic E-state index is 12.3. The predicted octanol–water partition coefficient (Wildman–Crippen LogP) is 0.963. The molecule has 0 aliphatic heterocycles. The third kappa shape index (κ3) is 10.8. The molecular weight excluding hydrogens is 495 g/mol. The summed E-state index contributed by atoms with van der Waals surface area (Å²) in [5.74, 6) is -3.65. The van der Waals surface area contributed by atoms with Crippen LogP contribution in [-0.2, 0) is 34.8 Å². The number of unbranched alkanes of at least 4 members (excludes halogenated alkanes) is 2. The molecule has 2 atom stereocenters. The van der Waals surface area contributed by atoms with Crippen molar-refractivity contribution in [2.45, 2.75) is 73.5 Å². The number of hydrogen-bond donors (Lipinski definition) is 2. The molecule has 2 unspecified atom stereocenters. The summed E-state index contributed by atoms with van der Waals surface area (Å²) in [5, 5.41) is 19.4. The molecule has 0 fully saturated rings. The van der Waals surface area contributed by atoms with Crippen LogP contribution in [0.2, 0.25) is 8.87 Å². The topological polar surface area (TPSA) is 146 Å². The van der Waals surface area contributed by atoms with E-state index in [1.807, 2.05) is 13.8 Å². The molecule has 0 aliphatic rings. The average Bonchev–Trinajstić information content (AvgIpc) is 2.68. The second-order valence-electron chi connectivity index (χ2n) is 6.55. The quantitative estimate of drug-likeness (QED) is 0.248. The van der Waals surface area contributed by atoms with Crippen molar-refractivity contribution in [1.82, 2.24) is 0 Å². The molecule has 0 aromatic carbocycles. The van der Waals surface area contributed by atoms with Crippen molar-refractivity contribution in [3.63, 3.8) is 0 Å². The van der Waals surface area contributed by atoms with E-state index in [1.54, 1.807) is 0 Å². The molecule has 2 N–H and O–H groups in total. The first-order valence-corrected chi connectivity index (χ1v) is 16.0.